The summed E-state index contributed by atoms with van der Waals surface area (Å²) in [5.74, 6) is 0. The van der Waals surface area contributed by atoms with Crippen LogP contribution in [0.1, 0.15) is 0 Å². The number of hydrogen-bond donors (Lipinski definition) is 2. The molecule has 0 amide bonds. The zero-order chi connectivity index (χ0) is 13.0. The average molecular weight is 291 g/mol. The summed E-state index contributed by atoms with van der Waals surface area (Å²) in [5.41, 5.74) is 0. The van der Waals surface area contributed by atoms with E-state index in [-0.39, 0.29) is 10.9 Å². The van der Waals surface area contributed by atoms with Gasteiger partial charge in [-0.3, -0.25) is 0 Å². The normalized spacial score (nSPS) is 20.8. The lowest BCUT2D eigenvalue weighted by Crippen LogP contribution is -2.48. The monoisotopic (exact) mass is 290 g/mol. The van der Waals surface area contributed by atoms with E-state index in [0.717, 1.165) is 6.54 Å². The summed E-state index contributed by atoms with van der Waals surface area (Å²) in [5, 5.41) is 3.69. The van der Waals surface area contributed by atoms with Crippen LogP contribution in [-0.2, 0) is 14.8 Å². The Morgan fingerprint density at radius 1 is 1.39 bits per heavy atom. The van der Waals surface area contributed by atoms with Gasteiger partial charge in [0.1, 0.15) is 0 Å². The number of rotatable bonds is 4. The van der Waals surface area contributed by atoms with E-state index in [0.29, 0.717) is 24.8 Å². The Bertz CT molecular complexity index is 484. The lowest BCUT2D eigenvalue weighted by molar-refractivity contribution is 0.0784. The van der Waals surface area contributed by atoms with Crippen LogP contribution in [0.3, 0.4) is 0 Å². The van der Waals surface area contributed by atoms with Gasteiger partial charge < -0.3 is 10.1 Å². The van der Waals surface area contributed by atoms with Gasteiger partial charge in [0.15, 0.2) is 0 Å². The van der Waals surface area contributed by atoms with Crippen molar-refractivity contribution < 1.29 is 13.2 Å². The maximum absolute atomic E-state index is 12.0. The first-order chi connectivity index (χ1) is 8.58. The van der Waals surface area contributed by atoms with Crippen LogP contribution in [0, 0.1) is 0 Å². The van der Waals surface area contributed by atoms with Crippen LogP contribution in [0.15, 0.2) is 29.2 Å². The zero-order valence-corrected chi connectivity index (χ0v) is 11.3. The molecule has 1 aliphatic heterocycles. The molecule has 100 valence electrons. The average Bonchev–Trinajstić information content (AvgIpc) is 2.38. The molecule has 2 rings (SSSR count). The lowest BCUT2D eigenvalue weighted by atomic mass is 10.3. The standard InChI is InChI=1S/C11H15ClN2O3S/c12-9-1-3-11(4-2-9)18(15,16)14-7-10-8-17-6-5-13-10/h1-4,10,13-14H,5-8H2. The smallest absolute Gasteiger partial charge is 0.240 e. The highest BCUT2D eigenvalue weighted by molar-refractivity contribution is 7.89. The molecular weight excluding hydrogens is 276 g/mol. The number of ether oxygens (including phenoxy) is 1. The molecule has 1 heterocycles. The first-order valence-electron chi connectivity index (χ1n) is 5.64. The fourth-order valence-electron chi connectivity index (χ4n) is 1.66. The summed E-state index contributed by atoms with van der Waals surface area (Å²) in [6.45, 7) is 2.24. The molecule has 1 aliphatic rings. The fraction of sp³-hybridized carbons (Fsp3) is 0.455. The first kappa shape index (κ1) is 13.8. The Balaban J connectivity index is 1.96. The van der Waals surface area contributed by atoms with Gasteiger partial charge in [0.25, 0.3) is 0 Å². The van der Waals surface area contributed by atoms with Gasteiger partial charge in [-0.05, 0) is 24.3 Å². The third-order valence-electron chi connectivity index (χ3n) is 2.64. The summed E-state index contributed by atoms with van der Waals surface area (Å²) in [6.07, 6.45) is 0. The first-order valence-corrected chi connectivity index (χ1v) is 7.50. The third-order valence-corrected chi connectivity index (χ3v) is 4.33. The Kier molecular flexibility index (Phi) is 4.58. The van der Waals surface area contributed by atoms with Gasteiger partial charge >= 0.3 is 0 Å². The number of benzene rings is 1. The van der Waals surface area contributed by atoms with Crippen molar-refractivity contribution in [2.24, 2.45) is 0 Å². The van der Waals surface area contributed by atoms with Crippen LogP contribution in [0.2, 0.25) is 5.02 Å². The Hall–Kier alpha value is -0.660. The Morgan fingerprint density at radius 3 is 2.72 bits per heavy atom. The maximum atomic E-state index is 12.0. The quantitative estimate of drug-likeness (QED) is 0.852. The second-order valence-electron chi connectivity index (χ2n) is 4.03. The molecule has 0 spiro atoms. The SMILES string of the molecule is O=S(=O)(NCC1COCCN1)c1ccc(Cl)cc1. The van der Waals surface area contributed by atoms with Crippen LogP contribution in [0.4, 0.5) is 0 Å². The van der Waals surface area contributed by atoms with Crippen molar-refractivity contribution >= 4 is 21.6 Å². The molecule has 1 unspecified atom stereocenters. The van der Waals surface area contributed by atoms with E-state index in [2.05, 4.69) is 10.0 Å². The number of sulfonamides is 1. The molecule has 1 aromatic rings. The summed E-state index contributed by atoms with van der Waals surface area (Å²) >= 11 is 5.72. The maximum Gasteiger partial charge on any atom is 0.240 e. The van der Waals surface area contributed by atoms with Gasteiger partial charge in [0.2, 0.25) is 10.0 Å². The van der Waals surface area contributed by atoms with Crippen LogP contribution in [0.5, 0.6) is 0 Å². The molecule has 1 fully saturated rings. The fourth-order valence-corrected chi connectivity index (χ4v) is 2.87. The summed E-state index contributed by atoms with van der Waals surface area (Å²) < 4.78 is 31.7. The van der Waals surface area contributed by atoms with Crippen molar-refractivity contribution in [1.82, 2.24) is 10.0 Å². The summed E-state index contributed by atoms with van der Waals surface area (Å²) in [6, 6.07) is 6.09. The van der Waals surface area contributed by atoms with E-state index in [4.69, 9.17) is 16.3 Å². The summed E-state index contributed by atoms with van der Waals surface area (Å²) in [4.78, 5) is 0.212. The van der Waals surface area contributed by atoms with E-state index in [1.807, 2.05) is 0 Å². The minimum atomic E-state index is -3.48. The third kappa shape index (κ3) is 3.66. The predicted molar refractivity (Wildman–Crippen MR) is 69.3 cm³/mol. The van der Waals surface area contributed by atoms with Crippen LogP contribution in [0.25, 0.3) is 0 Å². The molecule has 0 saturated carbocycles. The summed E-state index contributed by atoms with van der Waals surface area (Å²) in [7, 11) is -3.48. The van der Waals surface area contributed by atoms with Crippen LogP contribution >= 0.6 is 11.6 Å². The lowest BCUT2D eigenvalue weighted by Gasteiger charge is -2.23. The molecule has 0 aliphatic carbocycles. The molecular formula is C11H15ClN2O3S. The molecule has 1 aromatic carbocycles. The zero-order valence-electron chi connectivity index (χ0n) is 9.73. The minimum Gasteiger partial charge on any atom is -0.378 e. The van der Waals surface area contributed by atoms with E-state index >= 15 is 0 Å². The van der Waals surface area contributed by atoms with Crippen molar-refractivity contribution in [2.75, 3.05) is 26.3 Å². The molecule has 7 heteroatoms. The molecule has 18 heavy (non-hydrogen) atoms. The van der Waals surface area contributed by atoms with Gasteiger partial charge in [0, 0.05) is 24.2 Å². The molecule has 0 bridgehead atoms. The van der Waals surface area contributed by atoms with Gasteiger partial charge in [-0.2, -0.15) is 0 Å². The van der Waals surface area contributed by atoms with Crippen molar-refractivity contribution in [3.05, 3.63) is 29.3 Å². The van der Waals surface area contributed by atoms with Gasteiger partial charge in [-0.25, -0.2) is 13.1 Å². The van der Waals surface area contributed by atoms with Crippen molar-refractivity contribution in [3.63, 3.8) is 0 Å². The van der Waals surface area contributed by atoms with Crippen molar-refractivity contribution in [1.29, 1.82) is 0 Å². The number of hydrogen-bond acceptors (Lipinski definition) is 4. The van der Waals surface area contributed by atoms with E-state index < -0.39 is 10.0 Å². The highest BCUT2D eigenvalue weighted by atomic mass is 35.5. The molecule has 1 atom stereocenters. The van der Waals surface area contributed by atoms with Gasteiger partial charge in [-0.15, -0.1) is 0 Å². The van der Waals surface area contributed by atoms with Gasteiger partial charge in [-0.1, -0.05) is 11.6 Å². The minimum absolute atomic E-state index is 0.0147. The largest absolute Gasteiger partial charge is 0.378 e. The molecule has 0 aromatic heterocycles. The number of nitrogens with one attached hydrogen (secondary N) is 2. The number of morpholine rings is 1. The van der Waals surface area contributed by atoms with Crippen molar-refractivity contribution in [3.8, 4) is 0 Å². The molecule has 5 nitrogen and oxygen atoms in total. The highest BCUT2D eigenvalue weighted by Gasteiger charge is 2.18. The molecule has 1 saturated heterocycles. The second-order valence-corrected chi connectivity index (χ2v) is 6.24. The number of halogens is 1. The molecule has 2 N–H and O–H groups in total. The van der Waals surface area contributed by atoms with Crippen molar-refractivity contribution in [2.45, 2.75) is 10.9 Å². The molecule has 0 radical (unpaired) electrons. The van der Waals surface area contributed by atoms with Crippen LogP contribution < -0.4 is 10.0 Å². The predicted octanol–water partition coefficient (Wildman–Crippen LogP) is 0.607. The Morgan fingerprint density at radius 2 is 2.11 bits per heavy atom. The van der Waals surface area contributed by atoms with E-state index in [1.165, 1.54) is 12.1 Å². The van der Waals surface area contributed by atoms with E-state index in [9.17, 15) is 8.42 Å². The Labute approximate surface area is 112 Å². The van der Waals surface area contributed by atoms with Gasteiger partial charge in [0.05, 0.1) is 18.1 Å². The topological polar surface area (TPSA) is 67.4 Å². The van der Waals surface area contributed by atoms with Crippen LogP contribution in [-0.4, -0.2) is 40.8 Å². The second kappa shape index (κ2) is 5.99. The van der Waals surface area contributed by atoms with E-state index in [1.54, 1.807) is 12.1 Å². The highest BCUT2D eigenvalue weighted by Crippen LogP contribution is 2.13.